The first-order chi connectivity index (χ1) is 8.44. The number of halogens is 1. The van der Waals surface area contributed by atoms with Gasteiger partial charge >= 0.3 is 0 Å². The van der Waals surface area contributed by atoms with Gasteiger partial charge in [0.25, 0.3) is 0 Å². The molecule has 0 saturated heterocycles. The largest absolute Gasteiger partial charge is 0.380 e. The number of amides is 1. The molecule has 0 aliphatic carbocycles. The summed E-state index contributed by atoms with van der Waals surface area (Å²) in [6, 6.07) is 0. The lowest BCUT2D eigenvalue weighted by atomic mass is 9.93. The van der Waals surface area contributed by atoms with Crippen LogP contribution < -0.4 is 16.4 Å². The van der Waals surface area contributed by atoms with Crippen LogP contribution in [0.5, 0.6) is 0 Å². The van der Waals surface area contributed by atoms with E-state index in [4.69, 9.17) is 10.5 Å². The third-order valence-electron chi connectivity index (χ3n) is 2.39. The Kier molecular flexibility index (Phi) is 12.3. The Balaban J connectivity index is 0. The molecular formula is C12H27IN4O2. The van der Waals surface area contributed by atoms with Crippen molar-refractivity contribution in [3.63, 3.8) is 0 Å². The number of nitrogens with one attached hydrogen (secondary N) is 2. The number of hydrogen-bond acceptors (Lipinski definition) is 3. The van der Waals surface area contributed by atoms with E-state index in [1.165, 1.54) is 0 Å². The van der Waals surface area contributed by atoms with Gasteiger partial charge in [-0.3, -0.25) is 9.79 Å². The summed E-state index contributed by atoms with van der Waals surface area (Å²) in [5, 5.41) is 6.23. The van der Waals surface area contributed by atoms with Gasteiger partial charge in [0.05, 0.1) is 18.6 Å². The summed E-state index contributed by atoms with van der Waals surface area (Å²) >= 11 is 0. The maximum atomic E-state index is 11.2. The third kappa shape index (κ3) is 9.94. The first-order valence-electron chi connectivity index (χ1n) is 6.33. The second-order valence-electron chi connectivity index (χ2n) is 4.57. The maximum absolute atomic E-state index is 11.2. The number of guanidine groups is 1. The smallest absolute Gasteiger partial charge is 0.224 e. The fraction of sp³-hybridized carbons (Fsp3) is 0.833. The van der Waals surface area contributed by atoms with Crippen molar-refractivity contribution in [1.82, 2.24) is 10.6 Å². The van der Waals surface area contributed by atoms with Gasteiger partial charge in [-0.05, 0) is 27.7 Å². The fourth-order valence-electron chi connectivity index (χ4n) is 1.08. The summed E-state index contributed by atoms with van der Waals surface area (Å²) in [5.41, 5.74) is 4.66. The highest BCUT2D eigenvalue weighted by atomic mass is 127. The number of carbonyl (C=O) groups excluding carboxylic acids is 1. The van der Waals surface area contributed by atoms with E-state index in [1.807, 2.05) is 13.8 Å². The lowest BCUT2D eigenvalue weighted by Gasteiger charge is -2.19. The van der Waals surface area contributed by atoms with Crippen molar-refractivity contribution in [2.24, 2.45) is 16.1 Å². The molecule has 0 aromatic heterocycles. The van der Waals surface area contributed by atoms with Crippen molar-refractivity contribution in [1.29, 1.82) is 0 Å². The first kappa shape index (κ1) is 20.7. The monoisotopic (exact) mass is 386 g/mol. The second-order valence-corrected chi connectivity index (χ2v) is 4.57. The molecule has 0 spiro atoms. The molecule has 0 heterocycles. The lowest BCUT2D eigenvalue weighted by Crippen LogP contribution is -2.41. The molecule has 0 bridgehead atoms. The van der Waals surface area contributed by atoms with E-state index < -0.39 is 5.41 Å². The van der Waals surface area contributed by atoms with Gasteiger partial charge in [-0.15, -0.1) is 24.0 Å². The second kappa shape index (κ2) is 11.3. The lowest BCUT2D eigenvalue weighted by molar-refractivity contribution is -0.125. The van der Waals surface area contributed by atoms with Crippen molar-refractivity contribution in [3.05, 3.63) is 0 Å². The zero-order valence-electron chi connectivity index (χ0n) is 12.3. The summed E-state index contributed by atoms with van der Waals surface area (Å²) in [4.78, 5) is 15.5. The Labute approximate surface area is 133 Å². The van der Waals surface area contributed by atoms with Gasteiger partial charge in [-0.2, -0.15) is 0 Å². The predicted molar refractivity (Wildman–Crippen MR) is 88.9 cm³/mol. The van der Waals surface area contributed by atoms with E-state index in [1.54, 1.807) is 13.8 Å². The molecule has 7 heteroatoms. The van der Waals surface area contributed by atoms with Crippen LogP contribution in [0.25, 0.3) is 0 Å². The van der Waals surface area contributed by atoms with Gasteiger partial charge < -0.3 is 21.1 Å². The van der Waals surface area contributed by atoms with Crippen LogP contribution >= 0.6 is 24.0 Å². The van der Waals surface area contributed by atoms with E-state index >= 15 is 0 Å². The Bertz CT molecular complexity index is 283. The predicted octanol–water partition coefficient (Wildman–Crippen LogP) is 0.708. The maximum Gasteiger partial charge on any atom is 0.224 e. The van der Waals surface area contributed by atoms with Crippen molar-refractivity contribution >= 4 is 35.8 Å². The van der Waals surface area contributed by atoms with Gasteiger partial charge in [-0.25, -0.2) is 0 Å². The zero-order chi connectivity index (χ0) is 14.0. The van der Waals surface area contributed by atoms with Gasteiger partial charge in [0.15, 0.2) is 5.96 Å². The first-order valence-corrected chi connectivity index (χ1v) is 6.33. The van der Waals surface area contributed by atoms with Gasteiger partial charge in [-0.1, -0.05) is 0 Å². The minimum atomic E-state index is -0.637. The van der Waals surface area contributed by atoms with E-state index in [-0.39, 0.29) is 29.9 Å². The van der Waals surface area contributed by atoms with Crippen molar-refractivity contribution in [2.45, 2.75) is 27.7 Å². The summed E-state index contributed by atoms with van der Waals surface area (Å²) in [6.07, 6.45) is 0. The van der Waals surface area contributed by atoms with E-state index in [2.05, 4.69) is 15.6 Å². The highest BCUT2D eigenvalue weighted by Crippen LogP contribution is 2.13. The highest BCUT2D eigenvalue weighted by Gasteiger charge is 2.24. The molecule has 0 aliphatic rings. The molecule has 0 aromatic carbocycles. The normalized spacial score (nSPS) is 11.7. The summed E-state index contributed by atoms with van der Waals surface area (Å²) in [5.74, 6) is 0.322. The highest BCUT2D eigenvalue weighted by molar-refractivity contribution is 14.0. The van der Waals surface area contributed by atoms with Crippen molar-refractivity contribution in [2.75, 3.05) is 32.8 Å². The van der Waals surface area contributed by atoms with Crippen LogP contribution in [0.4, 0.5) is 0 Å². The molecule has 0 atom stereocenters. The Morgan fingerprint density at radius 3 is 2.42 bits per heavy atom. The molecule has 6 nitrogen and oxygen atoms in total. The van der Waals surface area contributed by atoms with Gasteiger partial charge in [0, 0.05) is 19.7 Å². The molecule has 19 heavy (non-hydrogen) atoms. The van der Waals surface area contributed by atoms with Crippen LogP contribution in [-0.4, -0.2) is 44.7 Å². The molecular weight excluding hydrogens is 359 g/mol. The van der Waals surface area contributed by atoms with Crippen LogP contribution in [0.15, 0.2) is 4.99 Å². The number of ether oxygens (including phenoxy) is 1. The number of nitrogens with zero attached hydrogens (tertiary/aromatic N) is 1. The minimum absolute atomic E-state index is 0. The number of primary amides is 1. The van der Waals surface area contributed by atoms with Gasteiger partial charge in [0.2, 0.25) is 5.91 Å². The van der Waals surface area contributed by atoms with Crippen LogP contribution in [0, 0.1) is 5.41 Å². The topological polar surface area (TPSA) is 88.7 Å². The Morgan fingerprint density at radius 1 is 1.32 bits per heavy atom. The molecule has 114 valence electrons. The molecule has 0 aliphatic heterocycles. The average molecular weight is 386 g/mol. The molecule has 0 radical (unpaired) electrons. The molecule has 1 amide bonds. The number of rotatable bonds is 8. The quantitative estimate of drug-likeness (QED) is 0.248. The van der Waals surface area contributed by atoms with Crippen LogP contribution in [-0.2, 0) is 9.53 Å². The summed E-state index contributed by atoms with van der Waals surface area (Å²) in [6.45, 7) is 10.6. The van der Waals surface area contributed by atoms with Gasteiger partial charge in [0.1, 0.15) is 0 Å². The minimum Gasteiger partial charge on any atom is -0.380 e. The fourth-order valence-corrected chi connectivity index (χ4v) is 1.08. The van der Waals surface area contributed by atoms with Crippen LogP contribution in [0.1, 0.15) is 27.7 Å². The van der Waals surface area contributed by atoms with Crippen LogP contribution in [0.3, 0.4) is 0 Å². The van der Waals surface area contributed by atoms with Crippen LogP contribution in [0.2, 0.25) is 0 Å². The average Bonchev–Trinajstić information content (AvgIpc) is 2.31. The molecule has 0 aromatic rings. The zero-order valence-corrected chi connectivity index (χ0v) is 14.6. The summed E-state index contributed by atoms with van der Waals surface area (Å²) < 4.78 is 5.23. The Morgan fingerprint density at radius 2 is 1.95 bits per heavy atom. The third-order valence-corrected chi connectivity index (χ3v) is 2.39. The van der Waals surface area contributed by atoms with E-state index in [9.17, 15) is 4.79 Å². The number of nitrogens with two attached hydrogens (primary N) is 1. The standard InChI is InChI=1S/C12H26N4O2.HI/c1-5-14-11(15-7-8-18-6-2)16-9-12(3,4)10(13)17;/h5-9H2,1-4H3,(H2,13,17)(H2,14,15,16);1H. The van der Waals surface area contributed by atoms with Crippen molar-refractivity contribution < 1.29 is 9.53 Å². The molecule has 0 rings (SSSR count). The Hall–Kier alpha value is -0.570. The van der Waals surface area contributed by atoms with E-state index in [0.29, 0.717) is 32.3 Å². The number of carbonyl (C=O) groups is 1. The number of aliphatic imine (C=N–C) groups is 1. The SMILES string of the molecule is CCNC(=NCC(C)(C)C(N)=O)NCCOCC.I. The molecule has 0 saturated carbocycles. The molecule has 0 unspecified atom stereocenters. The summed E-state index contributed by atoms with van der Waals surface area (Å²) in [7, 11) is 0. The number of hydrogen-bond donors (Lipinski definition) is 3. The van der Waals surface area contributed by atoms with Crippen molar-refractivity contribution in [3.8, 4) is 0 Å². The van der Waals surface area contributed by atoms with E-state index in [0.717, 1.165) is 6.54 Å². The molecule has 4 N–H and O–H groups in total. The molecule has 0 fully saturated rings.